The van der Waals surface area contributed by atoms with Crippen molar-refractivity contribution in [2.45, 2.75) is 32.4 Å². The van der Waals surface area contributed by atoms with Crippen LogP contribution in [0.2, 0.25) is 5.02 Å². The van der Waals surface area contributed by atoms with Crippen LogP contribution in [0.1, 0.15) is 34.7 Å². The number of carbonyl (C=O) groups excluding carboxylic acids is 1. The fourth-order valence-corrected chi connectivity index (χ4v) is 5.42. The van der Waals surface area contributed by atoms with Crippen molar-refractivity contribution in [2.75, 3.05) is 10.6 Å². The lowest BCUT2D eigenvalue weighted by molar-refractivity contribution is 0.102. The average molecular weight is 575 g/mol. The van der Waals surface area contributed by atoms with Gasteiger partial charge in [0.25, 0.3) is 5.91 Å². The molecule has 1 aliphatic heterocycles. The predicted molar refractivity (Wildman–Crippen MR) is 152 cm³/mol. The molecule has 3 aromatic carbocycles. The number of carbonyl (C=O) groups is 1. The van der Waals surface area contributed by atoms with E-state index >= 15 is 0 Å². The van der Waals surface area contributed by atoms with Crippen LogP contribution in [0.5, 0.6) is 0 Å². The van der Waals surface area contributed by atoms with Gasteiger partial charge in [-0.15, -0.1) is 0 Å². The standard InChI is InChI=1S/C29H25BrClN5O/c30-20-11-15-22(16-12-20)32-18-25-34-36-27(28(37)33-23-6-2-1-3-7-23)26(19-9-13-21(31)14-10-19)24-8-4-5-17-35(25)29(24)36/h1-3,6-7,9-16,32H,4-5,8,17-18H2,(H,33,37). The highest BCUT2D eigenvalue weighted by Crippen LogP contribution is 2.37. The van der Waals surface area contributed by atoms with Gasteiger partial charge in [-0.2, -0.15) is 5.10 Å². The van der Waals surface area contributed by atoms with Gasteiger partial charge in [0.15, 0.2) is 5.82 Å². The van der Waals surface area contributed by atoms with Crippen molar-refractivity contribution in [3.63, 3.8) is 0 Å². The van der Waals surface area contributed by atoms with Gasteiger partial charge < -0.3 is 15.2 Å². The van der Waals surface area contributed by atoms with Crippen LogP contribution in [0.3, 0.4) is 0 Å². The Morgan fingerprint density at radius 2 is 1.70 bits per heavy atom. The van der Waals surface area contributed by atoms with Gasteiger partial charge in [0, 0.05) is 38.5 Å². The van der Waals surface area contributed by atoms with Gasteiger partial charge >= 0.3 is 0 Å². The van der Waals surface area contributed by atoms with E-state index in [1.54, 1.807) is 0 Å². The first-order chi connectivity index (χ1) is 18.1. The Labute approximate surface area is 228 Å². The molecule has 0 spiro atoms. The maximum absolute atomic E-state index is 13.8. The molecular weight excluding hydrogens is 550 g/mol. The number of halogens is 2. The smallest absolute Gasteiger partial charge is 0.275 e. The van der Waals surface area contributed by atoms with Crippen molar-refractivity contribution in [1.29, 1.82) is 0 Å². The number of nitrogens with zero attached hydrogens (tertiary/aromatic N) is 3. The first kappa shape index (κ1) is 23.8. The Morgan fingerprint density at radius 1 is 0.946 bits per heavy atom. The van der Waals surface area contributed by atoms with E-state index in [-0.39, 0.29) is 5.91 Å². The lowest BCUT2D eigenvalue weighted by Crippen LogP contribution is -2.16. The fourth-order valence-electron chi connectivity index (χ4n) is 5.03. The summed E-state index contributed by atoms with van der Waals surface area (Å²) in [6.45, 7) is 1.41. The molecule has 2 aromatic heterocycles. The molecule has 0 atom stereocenters. The number of hydrogen-bond acceptors (Lipinski definition) is 3. The Balaban J connectivity index is 1.49. The minimum absolute atomic E-state index is 0.185. The molecule has 186 valence electrons. The molecule has 0 aliphatic carbocycles. The maximum Gasteiger partial charge on any atom is 0.275 e. The van der Waals surface area contributed by atoms with Crippen molar-refractivity contribution in [3.8, 4) is 11.1 Å². The summed E-state index contributed by atoms with van der Waals surface area (Å²) in [5, 5.41) is 12.2. The van der Waals surface area contributed by atoms with Crippen LogP contribution in [0.15, 0.2) is 83.3 Å². The van der Waals surface area contributed by atoms with Crippen LogP contribution in [-0.2, 0) is 19.5 Å². The second-order valence-electron chi connectivity index (χ2n) is 9.15. The Bertz CT molecular complexity index is 1570. The lowest BCUT2D eigenvalue weighted by Gasteiger charge is -2.10. The number of amides is 1. The fraction of sp³-hybridized carbons (Fsp3) is 0.172. The zero-order valence-electron chi connectivity index (χ0n) is 20.0. The summed E-state index contributed by atoms with van der Waals surface area (Å²) in [4.78, 5) is 13.8. The second-order valence-corrected chi connectivity index (χ2v) is 10.5. The first-order valence-electron chi connectivity index (χ1n) is 12.3. The van der Waals surface area contributed by atoms with Crippen molar-refractivity contribution in [2.24, 2.45) is 0 Å². The quantitative estimate of drug-likeness (QED) is 0.222. The third-order valence-electron chi connectivity index (χ3n) is 6.74. The monoisotopic (exact) mass is 573 g/mol. The van der Waals surface area contributed by atoms with Gasteiger partial charge in [-0.05, 0) is 73.4 Å². The zero-order chi connectivity index (χ0) is 25.4. The molecule has 0 bridgehead atoms. The third kappa shape index (κ3) is 4.65. The van der Waals surface area contributed by atoms with Crippen LogP contribution in [-0.4, -0.2) is 20.1 Å². The van der Waals surface area contributed by atoms with Crippen LogP contribution in [0.4, 0.5) is 11.4 Å². The van der Waals surface area contributed by atoms with Crippen LogP contribution < -0.4 is 10.6 Å². The zero-order valence-corrected chi connectivity index (χ0v) is 22.4. The molecule has 8 heteroatoms. The molecule has 0 fully saturated rings. The number of rotatable bonds is 6. The molecule has 1 amide bonds. The van der Waals surface area contributed by atoms with E-state index in [1.165, 1.54) is 0 Å². The minimum atomic E-state index is -0.185. The molecule has 6 nitrogen and oxygen atoms in total. The number of para-hydroxylation sites is 1. The lowest BCUT2D eigenvalue weighted by atomic mass is 9.98. The molecule has 0 saturated heterocycles. The molecule has 1 aliphatic rings. The SMILES string of the molecule is O=C(Nc1ccccc1)c1c(-c2ccc(Cl)cc2)c2c3n(c(CNc4ccc(Br)cc4)nn13)CCCC2. The van der Waals surface area contributed by atoms with Crippen LogP contribution >= 0.6 is 27.5 Å². The van der Waals surface area contributed by atoms with Crippen molar-refractivity contribution < 1.29 is 4.79 Å². The first-order valence-corrected chi connectivity index (χ1v) is 13.5. The second kappa shape index (κ2) is 10.1. The van der Waals surface area contributed by atoms with Gasteiger partial charge in [0.2, 0.25) is 0 Å². The highest BCUT2D eigenvalue weighted by atomic mass is 79.9. The Hall–Kier alpha value is -3.55. The molecular formula is C29H25BrClN5O. The number of hydrogen-bond donors (Lipinski definition) is 2. The molecule has 0 unspecified atom stereocenters. The maximum atomic E-state index is 13.8. The van der Waals surface area contributed by atoms with E-state index in [1.807, 2.05) is 83.4 Å². The molecule has 3 heterocycles. The van der Waals surface area contributed by atoms with E-state index in [2.05, 4.69) is 31.1 Å². The predicted octanol–water partition coefficient (Wildman–Crippen LogP) is 7.42. The van der Waals surface area contributed by atoms with E-state index in [0.717, 1.165) is 69.8 Å². The molecule has 6 rings (SSSR count). The summed E-state index contributed by atoms with van der Waals surface area (Å²) in [6.07, 6.45) is 2.98. The van der Waals surface area contributed by atoms with E-state index in [9.17, 15) is 4.79 Å². The van der Waals surface area contributed by atoms with Crippen LogP contribution in [0.25, 0.3) is 16.8 Å². The molecule has 0 saturated carbocycles. The van der Waals surface area contributed by atoms with Gasteiger partial charge in [-0.25, -0.2) is 4.52 Å². The topological polar surface area (TPSA) is 63.4 Å². The minimum Gasteiger partial charge on any atom is -0.378 e. The number of aromatic nitrogens is 3. The number of aryl methyl sites for hydroxylation is 2. The van der Waals surface area contributed by atoms with Crippen LogP contribution in [0, 0.1) is 0 Å². The highest BCUT2D eigenvalue weighted by Gasteiger charge is 2.30. The summed E-state index contributed by atoms with van der Waals surface area (Å²) >= 11 is 9.70. The third-order valence-corrected chi connectivity index (χ3v) is 7.52. The summed E-state index contributed by atoms with van der Waals surface area (Å²) in [7, 11) is 0. The summed E-state index contributed by atoms with van der Waals surface area (Å²) in [6, 6.07) is 25.3. The molecule has 5 aromatic rings. The average Bonchev–Trinajstić information content (AvgIpc) is 3.31. The summed E-state index contributed by atoms with van der Waals surface area (Å²) in [5.74, 6) is 0.715. The van der Waals surface area contributed by atoms with E-state index in [0.29, 0.717) is 17.3 Å². The van der Waals surface area contributed by atoms with Gasteiger partial charge in [0.05, 0.1) is 6.54 Å². The number of anilines is 2. The van der Waals surface area contributed by atoms with Crippen molar-refractivity contribution >= 4 is 50.5 Å². The van der Waals surface area contributed by atoms with Crippen molar-refractivity contribution in [3.05, 3.63) is 105 Å². The molecule has 2 N–H and O–H groups in total. The number of nitrogens with one attached hydrogen (secondary N) is 2. The Kier molecular flexibility index (Phi) is 6.49. The Morgan fingerprint density at radius 3 is 2.46 bits per heavy atom. The molecule has 0 radical (unpaired) electrons. The van der Waals surface area contributed by atoms with Crippen molar-refractivity contribution in [1.82, 2.24) is 14.2 Å². The van der Waals surface area contributed by atoms with Gasteiger partial charge in [0.1, 0.15) is 11.3 Å². The van der Waals surface area contributed by atoms with E-state index < -0.39 is 0 Å². The molecule has 37 heavy (non-hydrogen) atoms. The van der Waals surface area contributed by atoms with Gasteiger partial charge in [-0.3, -0.25) is 4.79 Å². The summed E-state index contributed by atoms with van der Waals surface area (Å²) in [5.41, 5.74) is 6.34. The van der Waals surface area contributed by atoms with E-state index in [4.69, 9.17) is 16.7 Å². The van der Waals surface area contributed by atoms with Gasteiger partial charge in [-0.1, -0.05) is 57.9 Å². The normalized spacial score (nSPS) is 12.9. The largest absolute Gasteiger partial charge is 0.378 e. The highest BCUT2D eigenvalue weighted by molar-refractivity contribution is 9.10. The number of benzene rings is 3. The summed E-state index contributed by atoms with van der Waals surface area (Å²) < 4.78 is 5.15.